The molecule has 2 N–H and O–H groups in total. The highest BCUT2D eigenvalue weighted by Gasteiger charge is 2.09. The van der Waals surface area contributed by atoms with Crippen molar-refractivity contribution in [3.05, 3.63) is 83.3 Å². The number of hydrogen-bond donors (Lipinski definition) is 2. The van der Waals surface area contributed by atoms with Gasteiger partial charge in [-0.25, -0.2) is 4.39 Å². The molecule has 0 saturated carbocycles. The van der Waals surface area contributed by atoms with Crippen molar-refractivity contribution in [3.8, 4) is 0 Å². The molecule has 6 heteroatoms. The molecule has 3 rings (SSSR count). The van der Waals surface area contributed by atoms with E-state index in [2.05, 4.69) is 20.8 Å². The molecule has 0 aliphatic rings. The number of carbonyl (C=O) groups excluding carboxylic acids is 1. The van der Waals surface area contributed by atoms with Gasteiger partial charge in [-0.1, -0.05) is 36.4 Å². The lowest BCUT2D eigenvalue weighted by atomic mass is 10.1. The molecule has 0 saturated heterocycles. The summed E-state index contributed by atoms with van der Waals surface area (Å²) in [6.07, 6.45) is 0. The van der Waals surface area contributed by atoms with Crippen LogP contribution >= 0.6 is 0 Å². The van der Waals surface area contributed by atoms with Gasteiger partial charge in [0.2, 0.25) is 0 Å². The highest BCUT2D eigenvalue weighted by molar-refractivity contribution is 5.92. The number of benzene rings is 2. The highest BCUT2D eigenvalue weighted by Crippen LogP contribution is 2.17. The Morgan fingerprint density at radius 3 is 2.48 bits per heavy atom. The van der Waals surface area contributed by atoms with E-state index in [0.29, 0.717) is 18.1 Å². The highest BCUT2D eigenvalue weighted by atomic mass is 19.1. The molecule has 0 bridgehead atoms. The first kappa shape index (κ1) is 16.6. The maximum absolute atomic E-state index is 13.6. The number of aromatic nitrogens is 2. The van der Waals surface area contributed by atoms with Gasteiger partial charge in [-0.15, -0.1) is 10.2 Å². The van der Waals surface area contributed by atoms with Crippen molar-refractivity contribution in [1.82, 2.24) is 15.5 Å². The first-order chi connectivity index (χ1) is 12.1. The van der Waals surface area contributed by atoms with Crippen LogP contribution in [0.5, 0.6) is 0 Å². The number of rotatable bonds is 5. The molecule has 0 unspecified atom stereocenters. The van der Waals surface area contributed by atoms with Gasteiger partial charge in [0.15, 0.2) is 11.5 Å². The molecule has 1 amide bonds. The van der Waals surface area contributed by atoms with Crippen molar-refractivity contribution in [1.29, 1.82) is 0 Å². The average Bonchev–Trinajstić information content (AvgIpc) is 2.63. The second kappa shape index (κ2) is 7.53. The monoisotopic (exact) mass is 336 g/mol. The van der Waals surface area contributed by atoms with Crippen molar-refractivity contribution >= 4 is 17.4 Å². The lowest BCUT2D eigenvalue weighted by Gasteiger charge is -2.08. The third-order valence-corrected chi connectivity index (χ3v) is 3.73. The number of nitrogens with one attached hydrogen (secondary N) is 2. The molecule has 0 spiro atoms. The Labute approximate surface area is 144 Å². The zero-order valence-corrected chi connectivity index (χ0v) is 13.7. The summed E-state index contributed by atoms with van der Waals surface area (Å²) in [6, 6.07) is 17.2. The lowest BCUT2D eigenvalue weighted by Crippen LogP contribution is -2.24. The van der Waals surface area contributed by atoms with Gasteiger partial charge in [0.25, 0.3) is 5.91 Å². The van der Waals surface area contributed by atoms with E-state index in [-0.39, 0.29) is 17.4 Å². The fourth-order valence-corrected chi connectivity index (χ4v) is 2.30. The number of aryl methyl sites for hydroxylation is 1. The molecule has 0 fully saturated rings. The zero-order valence-electron chi connectivity index (χ0n) is 13.7. The Bertz CT molecular complexity index is 881. The normalized spacial score (nSPS) is 10.3. The maximum atomic E-state index is 13.6. The Morgan fingerprint density at radius 2 is 1.76 bits per heavy atom. The molecule has 0 aliphatic carbocycles. The Morgan fingerprint density at radius 1 is 1.00 bits per heavy atom. The summed E-state index contributed by atoms with van der Waals surface area (Å²) >= 11 is 0. The van der Waals surface area contributed by atoms with Gasteiger partial charge in [-0.3, -0.25) is 4.79 Å². The third kappa shape index (κ3) is 4.17. The average molecular weight is 336 g/mol. The van der Waals surface area contributed by atoms with Crippen molar-refractivity contribution in [3.63, 3.8) is 0 Å². The predicted octanol–water partition coefficient (Wildman–Crippen LogP) is 3.60. The maximum Gasteiger partial charge on any atom is 0.272 e. The summed E-state index contributed by atoms with van der Waals surface area (Å²) < 4.78 is 13.6. The van der Waals surface area contributed by atoms with Crippen molar-refractivity contribution in [2.24, 2.45) is 0 Å². The summed E-state index contributed by atoms with van der Waals surface area (Å²) in [4.78, 5) is 12.2. The summed E-state index contributed by atoms with van der Waals surface area (Å²) in [7, 11) is 0. The number of nitrogens with zero attached hydrogens (tertiary/aromatic N) is 2. The molecule has 3 aromatic rings. The van der Waals surface area contributed by atoms with E-state index in [1.807, 2.05) is 31.2 Å². The number of hydrogen-bond acceptors (Lipinski definition) is 4. The summed E-state index contributed by atoms with van der Waals surface area (Å²) in [6.45, 7) is 2.41. The number of carbonyl (C=O) groups is 1. The zero-order chi connectivity index (χ0) is 17.6. The minimum atomic E-state index is -0.385. The molecule has 1 heterocycles. The first-order valence-corrected chi connectivity index (χ1v) is 7.81. The summed E-state index contributed by atoms with van der Waals surface area (Å²) in [5, 5.41) is 13.4. The number of halogens is 1. The van der Waals surface area contributed by atoms with Crippen LogP contribution in [0.15, 0.2) is 60.7 Å². The Hall–Kier alpha value is -3.28. The topological polar surface area (TPSA) is 66.9 Å². The molecule has 126 valence electrons. The minimum Gasteiger partial charge on any atom is -0.347 e. The van der Waals surface area contributed by atoms with E-state index in [1.54, 1.807) is 30.3 Å². The van der Waals surface area contributed by atoms with Crippen molar-refractivity contribution < 1.29 is 9.18 Å². The Kier molecular flexibility index (Phi) is 4.99. The van der Waals surface area contributed by atoms with Crippen molar-refractivity contribution in [2.45, 2.75) is 13.5 Å². The smallest absolute Gasteiger partial charge is 0.272 e. The molecule has 25 heavy (non-hydrogen) atoms. The van der Waals surface area contributed by atoms with E-state index < -0.39 is 0 Å². The van der Waals surface area contributed by atoms with Crippen LogP contribution in [0.3, 0.4) is 0 Å². The molecule has 2 aromatic carbocycles. The van der Waals surface area contributed by atoms with Gasteiger partial charge in [0.1, 0.15) is 5.82 Å². The van der Waals surface area contributed by atoms with Gasteiger partial charge in [0.05, 0.1) is 5.69 Å². The predicted molar refractivity (Wildman–Crippen MR) is 94.1 cm³/mol. The van der Waals surface area contributed by atoms with Gasteiger partial charge in [-0.2, -0.15) is 0 Å². The van der Waals surface area contributed by atoms with Crippen LogP contribution in [0.1, 0.15) is 21.6 Å². The molecule has 0 aliphatic heterocycles. The van der Waals surface area contributed by atoms with Crippen LogP contribution in [0.4, 0.5) is 15.9 Å². The lowest BCUT2D eigenvalue weighted by molar-refractivity contribution is 0.0945. The van der Waals surface area contributed by atoms with Crippen LogP contribution in [0.2, 0.25) is 0 Å². The van der Waals surface area contributed by atoms with Crippen LogP contribution < -0.4 is 10.6 Å². The quantitative estimate of drug-likeness (QED) is 0.747. The third-order valence-electron chi connectivity index (χ3n) is 3.73. The van der Waals surface area contributed by atoms with Crippen molar-refractivity contribution in [2.75, 3.05) is 5.32 Å². The molecular formula is C19H17FN4O. The van der Waals surface area contributed by atoms with E-state index in [1.165, 1.54) is 6.07 Å². The number of para-hydroxylation sites is 1. The molecule has 1 aromatic heterocycles. The largest absolute Gasteiger partial charge is 0.347 e. The molecule has 0 radical (unpaired) electrons. The van der Waals surface area contributed by atoms with Crippen LogP contribution in [-0.2, 0) is 6.54 Å². The van der Waals surface area contributed by atoms with E-state index in [4.69, 9.17) is 0 Å². The molecule has 5 nitrogen and oxygen atoms in total. The molecular weight excluding hydrogens is 319 g/mol. The van der Waals surface area contributed by atoms with Crippen LogP contribution in [0, 0.1) is 12.7 Å². The second-order valence-corrected chi connectivity index (χ2v) is 5.52. The Balaban J connectivity index is 1.63. The minimum absolute atomic E-state index is 0.202. The SMILES string of the molecule is Cc1ccccc1CNC(=O)c1ccc(Nc2ccccc2F)nn1. The summed E-state index contributed by atoms with van der Waals surface area (Å²) in [5.74, 6) is -0.335. The van der Waals surface area contributed by atoms with E-state index in [0.717, 1.165) is 11.1 Å². The fraction of sp³-hybridized carbons (Fsp3) is 0.105. The van der Waals surface area contributed by atoms with Crippen LogP contribution in [0.25, 0.3) is 0 Å². The number of amides is 1. The van der Waals surface area contributed by atoms with Gasteiger partial charge in [0, 0.05) is 6.54 Å². The van der Waals surface area contributed by atoms with E-state index >= 15 is 0 Å². The second-order valence-electron chi connectivity index (χ2n) is 5.52. The molecule has 0 atom stereocenters. The van der Waals surface area contributed by atoms with Crippen LogP contribution in [-0.4, -0.2) is 16.1 Å². The fourth-order valence-electron chi connectivity index (χ4n) is 2.30. The van der Waals surface area contributed by atoms with Gasteiger partial charge < -0.3 is 10.6 Å². The van der Waals surface area contributed by atoms with Gasteiger partial charge >= 0.3 is 0 Å². The first-order valence-electron chi connectivity index (χ1n) is 7.81. The van der Waals surface area contributed by atoms with Gasteiger partial charge in [-0.05, 0) is 42.3 Å². The van der Waals surface area contributed by atoms with E-state index in [9.17, 15) is 9.18 Å². The standard InChI is InChI=1S/C19H17FN4O/c1-13-6-2-3-7-14(13)12-21-19(25)17-10-11-18(24-23-17)22-16-9-5-4-8-15(16)20/h2-11H,12H2,1H3,(H,21,25)(H,22,24). The number of anilines is 2. The summed E-state index contributed by atoms with van der Waals surface area (Å²) in [5.41, 5.74) is 2.65.